The van der Waals surface area contributed by atoms with Crippen LogP contribution in [0.4, 0.5) is 24.5 Å². The minimum absolute atomic E-state index is 0.108. The van der Waals surface area contributed by atoms with Gasteiger partial charge in [-0.1, -0.05) is 6.07 Å². The van der Waals surface area contributed by atoms with Crippen LogP contribution in [0.2, 0.25) is 0 Å². The van der Waals surface area contributed by atoms with Crippen molar-refractivity contribution in [3.05, 3.63) is 63.7 Å². The van der Waals surface area contributed by atoms with E-state index in [0.717, 1.165) is 12.1 Å². The molecule has 1 fully saturated rings. The number of nitrogens with zero attached hydrogens (tertiary/aromatic N) is 3. The molecule has 0 radical (unpaired) electrons. The first-order chi connectivity index (χ1) is 13.7. The largest absolute Gasteiger partial charge is 0.497 e. The summed E-state index contributed by atoms with van der Waals surface area (Å²) in [5, 5.41) is 11.3. The van der Waals surface area contributed by atoms with E-state index in [4.69, 9.17) is 4.74 Å². The lowest BCUT2D eigenvalue weighted by Crippen LogP contribution is -2.49. The quantitative estimate of drug-likeness (QED) is 0.570. The van der Waals surface area contributed by atoms with Crippen LogP contribution in [0.1, 0.15) is 15.9 Å². The fraction of sp³-hybridized carbons (Fsp3) is 0.316. The van der Waals surface area contributed by atoms with Crippen LogP contribution in [0.3, 0.4) is 0 Å². The van der Waals surface area contributed by atoms with E-state index in [1.807, 2.05) is 0 Å². The Hall–Kier alpha value is -3.30. The molecule has 2 aromatic carbocycles. The van der Waals surface area contributed by atoms with Crippen molar-refractivity contribution in [2.24, 2.45) is 0 Å². The van der Waals surface area contributed by atoms with E-state index in [1.165, 1.54) is 7.11 Å². The number of hydrogen-bond acceptors (Lipinski definition) is 5. The topological polar surface area (TPSA) is 75.9 Å². The lowest BCUT2D eigenvalue weighted by molar-refractivity contribution is -0.384. The molecule has 0 spiro atoms. The Morgan fingerprint density at radius 1 is 1.10 bits per heavy atom. The molecule has 0 aromatic heterocycles. The fourth-order valence-corrected chi connectivity index (χ4v) is 3.20. The Kier molecular flexibility index (Phi) is 5.62. The molecule has 10 heteroatoms. The van der Waals surface area contributed by atoms with Gasteiger partial charge in [0.1, 0.15) is 11.4 Å². The Bertz CT molecular complexity index is 925. The van der Waals surface area contributed by atoms with E-state index in [9.17, 15) is 28.1 Å². The molecular weight excluding hydrogens is 391 g/mol. The molecular formula is C19H18F3N3O4. The minimum Gasteiger partial charge on any atom is -0.497 e. The number of hydrogen-bond donors (Lipinski definition) is 0. The van der Waals surface area contributed by atoms with Crippen molar-refractivity contribution in [3.63, 3.8) is 0 Å². The first-order valence-corrected chi connectivity index (χ1v) is 8.74. The van der Waals surface area contributed by atoms with Crippen molar-refractivity contribution in [1.82, 2.24) is 4.90 Å². The molecule has 1 saturated heterocycles. The smallest absolute Gasteiger partial charge is 0.416 e. The molecule has 0 bridgehead atoms. The molecule has 1 heterocycles. The van der Waals surface area contributed by atoms with Gasteiger partial charge >= 0.3 is 6.18 Å². The van der Waals surface area contributed by atoms with Crippen molar-refractivity contribution in [2.75, 3.05) is 38.2 Å². The average molecular weight is 409 g/mol. The van der Waals surface area contributed by atoms with Gasteiger partial charge in [-0.25, -0.2) is 0 Å². The maximum absolute atomic E-state index is 12.9. The summed E-state index contributed by atoms with van der Waals surface area (Å²) >= 11 is 0. The van der Waals surface area contributed by atoms with Crippen LogP contribution in [-0.4, -0.2) is 49.0 Å². The van der Waals surface area contributed by atoms with Gasteiger partial charge in [0.2, 0.25) is 0 Å². The number of benzene rings is 2. The number of nitro benzene ring substituents is 1. The van der Waals surface area contributed by atoms with E-state index in [0.29, 0.717) is 17.4 Å². The Balaban J connectivity index is 1.75. The first-order valence-electron chi connectivity index (χ1n) is 8.74. The number of methoxy groups -OCH3 is 1. The van der Waals surface area contributed by atoms with Crippen LogP contribution in [0.5, 0.6) is 5.75 Å². The first kappa shape index (κ1) is 20.4. The molecule has 0 unspecified atom stereocenters. The minimum atomic E-state index is -4.66. The molecule has 0 N–H and O–H groups in total. The Morgan fingerprint density at radius 3 is 2.38 bits per heavy atom. The fourth-order valence-electron chi connectivity index (χ4n) is 3.20. The van der Waals surface area contributed by atoms with Gasteiger partial charge in [-0.2, -0.15) is 13.2 Å². The SMILES string of the molecule is COc1cccc(C(=O)N2CCN(c3ccc(C(F)(F)F)cc3[N+](=O)[O-])CC2)c1. The van der Waals surface area contributed by atoms with Gasteiger partial charge in [-0.05, 0) is 30.3 Å². The number of carbonyl (C=O) groups excluding carboxylic acids is 1. The zero-order valence-electron chi connectivity index (χ0n) is 15.5. The predicted molar refractivity (Wildman–Crippen MR) is 99.2 cm³/mol. The van der Waals surface area contributed by atoms with Gasteiger partial charge in [0.15, 0.2) is 0 Å². The molecule has 7 nitrogen and oxygen atoms in total. The number of halogens is 3. The number of alkyl halides is 3. The number of nitro groups is 1. The zero-order chi connectivity index (χ0) is 21.2. The molecule has 1 amide bonds. The number of anilines is 1. The third-order valence-corrected chi connectivity index (χ3v) is 4.72. The van der Waals surface area contributed by atoms with Crippen molar-refractivity contribution >= 4 is 17.3 Å². The second-order valence-electron chi connectivity index (χ2n) is 6.47. The summed E-state index contributed by atoms with van der Waals surface area (Å²) in [5.74, 6) is 0.348. The second-order valence-corrected chi connectivity index (χ2v) is 6.47. The van der Waals surface area contributed by atoms with E-state index in [1.54, 1.807) is 34.1 Å². The third kappa shape index (κ3) is 4.41. The second kappa shape index (κ2) is 7.98. The van der Waals surface area contributed by atoms with E-state index < -0.39 is 22.4 Å². The van der Waals surface area contributed by atoms with Gasteiger partial charge in [-0.3, -0.25) is 14.9 Å². The van der Waals surface area contributed by atoms with E-state index in [-0.39, 0.29) is 37.8 Å². The van der Waals surface area contributed by atoms with Crippen molar-refractivity contribution in [1.29, 1.82) is 0 Å². The third-order valence-electron chi connectivity index (χ3n) is 4.72. The number of rotatable bonds is 4. The van der Waals surface area contributed by atoms with Crippen LogP contribution < -0.4 is 9.64 Å². The maximum Gasteiger partial charge on any atom is 0.416 e. The molecule has 1 aliphatic heterocycles. The van der Waals surface area contributed by atoms with Gasteiger partial charge in [0.25, 0.3) is 11.6 Å². The van der Waals surface area contributed by atoms with Gasteiger partial charge in [0.05, 0.1) is 17.6 Å². The average Bonchev–Trinajstić information content (AvgIpc) is 2.72. The van der Waals surface area contributed by atoms with Crippen molar-refractivity contribution < 1.29 is 27.6 Å². The van der Waals surface area contributed by atoms with Gasteiger partial charge in [0, 0.05) is 37.8 Å². The number of ether oxygens (including phenoxy) is 1. The van der Waals surface area contributed by atoms with Crippen LogP contribution in [0.15, 0.2) is 42.5 Å². The number of amides is 1. The molecule has 0 atom stereocenters. The number of piperazine rings is 1. The molecule has 0 saturated carbocycles. The molecule has 1 aliphatic rings. The Morgan fingerprint density at radius 2 is 1.79 bits per heavy atom. The van der Waals surface area contributed by atoms with Crippen LogP contribution in [0, 0.1) is 10.1 Å². The zero-order valence-corrected chi connectivity index (χ0v) is 15.5. The predicted octanol–water partition coefficient (Wildman–Crippen LogP) is 3.58. The Labute approximate surface area is 164 Å². The monoisotopic (exact) mass is 409 g/mol. The highest BCUT2D eigenvalue weighted by Crippen LogP contribution is 2.36. The summed E-state index contributed by atoms with van der Waals surface area (Å²) in [6.45, 7) is 1.10. The summed E-state index contributed by atoms with van der Waals surface area (Å²) < 4.78 is 43.7. The summed E-state index contributed by atoms with van der Waals surface area (Å²) in [6, 6.07) is 9.19. The summed E-state index contributed by atoms with van der Waals surface area (Å²) in [5.41, 5.74) is -1.11. The van der Waals surface area contributed by atoms with E-state index >= 15 is 0 Å². The standard InChI is InChI=1S/C19H18F3N3O4/c1-29-15-4-2-3-13(11-15)18(26)24-9-7-23(8-10-24)16-6-5-14(19(20,21)22)12-17(16)25(27)28/h2-6,11-12H,7-10H2,1H3. The lowest BCUT2D eigenvalue weighted by atomic mass is 10.1. The summed E-state index contributed by atoms with van der Waals surface area (Å²) in [6.07, 6.45) is -4.66. The lowest BCUT2D eigenvalue weighted by Gasteiger charge is -2.36. The normalized spacial score (nSPS) is 14.6. The van der Waals surface area contributed by atoms with Crippen molar-refractivity contribution in [2.45, 2.75) is 6.18 Å². The number of carbonyl (C=O) groups is 1. The molecule has 29 heavy (non-hydrogen) atoms. The van der Waals surface area contributed by atoms with E-state index in [2.05, 4.69) is 0 Å². The summed E-state index contributed by atoms with van der Waals surface area (Å²) in [4.78, 5) is 26.4. The van der Waals surface area contributed by atoms with Gasteiger partial charge in [-0.15, -0.1) is 0 Å². The van der Waals surface area contributed by atoms with Crippen LogP contribution in [0.25, 0.3) is 0 Å². The van der Waals surface area contributed by atoms with Crippen molar-refractivity contribution in [3.8, 4) is 5.75 Å². The van der Waals surface area contributed by atoms with Crippen LogP contribution >= 0.6 is 0 Å². The highest BCUT2D eigenvalue weighted by molar-refractivity contribution is 5.94. The highest BCUT2D eigenvalue weighted by atomic mass is 19.4. The highest BCUT2D eigenvalue weighted by Gasteiger charge is 2.34. The van der Waals surface area contributed by atoms with Gasteiger partial charge < -0.3 is 14.5 Å². The molecule has 154 valence electrons. The maximum atomic E-state index is 12.9. The van der Waals surface area contributed by atoms with Crippen LogP contribution in [-0.2, 0) is 6.18 Å². The molecule has 3 rings (SSSR count). The molecule has 2 aromatic rings. The molecule has 0 aliphatic carbocycles. The summed E-state index contributed by atoms with van der Waals surface area (Å²) in [7, 11) is 1.50.